The van der Waals surface area contributed by atoms with E-state index in [0.717, 1.165) is 6.54 Å². The number of hydrogen-bond donors (Lipinski definition) is 1. The molecule has 1 N–H and O–H groups in total. The first-order chi connectivity index (χ1) is 8.72. The third kappa shape index (κ3) is 10.4. The average molecular weight is 271 g/mol. The van der Waals surface area contributed by atoms with E-state index in [1.807, 2.05) is 0 Å². The summed E-state index contributed by atoms with van der Waals surface area (Å²) in [6, 6.07) is 0. The highest BCUT2D eigenvalue weighted by atomic mass is 15.1. The SMILES string of the molecule is CCCCCN(C)CC(C)(CCC)CNC(C)(C)C. The standard InChI is InChI=1S/C17H38N2/c1-8-10-11-13-19(7)15-17(6,12-9-2)14-18-16(3,4)5/h18H,8-15H2,1-7H3. The van der Waals surface area contributed by atoms with Gasteiger partial charge in [0.25, 0.3) is 0 Å². The highest BCUT2D eigenvalue weighted by Gasteiger charge is 2.26. The summed E-state index contributed by atoms with van der Waals surface area (Å²) in [4.78, 5) is 2.52. The lowest BCUT2D eigenvalue weighted by atomic mass is 9.84. The number of nitrogens with one attached hydrogen (secondary N) is 1. The molecule has 0 heterocycles. The van der Waals surface area contributed by atoms with Crippen molar-refractivity contribution in [3.63, 3.8) is 0 Å². The zero-order chi connectivity index (χ0) is 14.9. The quantitative estimate of drug-likeness (QED) is 0.595. The molecule has 116 valence electrons. The second kappa shape index (κ2) is 8.97. The van der Waals surface area contributed by atoms with Crippen LogP contribution in [0.5, 0.6) is 0 Å². The van der Waals surface area contributed by atoms with Crippen LogP contribution in [0.1, 0.15) is 73.6 Å². The van der Waals surface area contributed by atoms with Crippen LogP contribution in [0.15, 0.2) is 0 Å². The predicted molar refractivity (Wildman–Crippen MR) is 87.8 cm³/mol. The van der Waals surface area contributed by atoms with E-state index in [4.69, 9.17) is 0 Å². The summed E-state index contributed by atoms with van der Waals surface area (Å²) in [5.41, 5.74) is 0.610. The molecule has 0 rings (SSSR count). The van der Waals surface area contributed by atoms with Gasteiger partial charge in [0.15, 0.2) is 0 Å². The summed E-state index contributed by atoms with van der Waals surface area (Å²) in [7, 11) is 2.28. The van der Waals surface area contributed by atoms with Crippen molar-refractivity contribution < 1.29 is 0 Å². The van der Waals surface area contributed by atoms with Crippen molar-refractivity contribution in [2.24, 2.45) is 5.41 Å². The minimum atomic E-state index is 0.218. The molecule has 2 nitrogen and oxygen atoms in total. The molecule has 0 aliphatic heterocycles. The molecule has 2 heteroatoms. The van der Waals surface area contributed by atoms with Crippen molar-refractivity contribution >= 4 is 0 Å². The van der Waals surface area contributed by atoms with Gasteiger partial charge in [-0.05, 0) is 52.6 Å². The van der Waals surface area contributed by atoms with Gasteiger partial charge < -0.3 is 10.2 Å². The molecule has 1 atom stereocenters. The van der Waals surface area contributed by atoms with Crippen molar-refractivity contribution in [1.29, 1.82) is 0 Å². The Morgan fingerprint density at radius 3 is 2.05 bits per heavy atom. The van der Waals surface area contributed by atoms with Gasteiger partial charge in [0.1, 0.15) is 0 Å². The molecular weight excluding hydrogens is 232 g/mol. The second-order valence-corrected chi connectivity index (χ2v) is 7.61. The van der Waals surface area contributed by atoms with Crippen LogP contribution in [-0.4, -0.2) is 37.1 Å². The van der Waals surface area contributed by atoms with Gasteiger partial charge in [-0.3, -0.25) is 0 Å². The zero-order valence-electron chi connectivity index (χ0n) is 14.6. The first-order valence-electron chi connectivity index (χ1n) is 8.16. The van der Waals surface area contributed by atoms with Gasteiger partial charge in [-0.2, -0.15) is 0 Å². The van der Waals surface area contributed by atoms with Gasteiger partial charge in [-0.1, -0.05) is 40.0 Å². The van der Waals surface area contributed by atoms with Crippen LogP contribution in [0.4, 0.5) is 0 Å². The molecule has 0 aromatic heterocycles. The van der Waals surface area contributed by atoms with Crippen molar-refractivity contribution in [3.05, 3.63) is 0 Å². The summed E-state index contributed by atoms with van der Waals surface area (Å²) in [6.45, 7) is 17.3. The molecule has 0 amide bonds. The number of nitrogens with zero attached hydrogens (tertiary/aromatic N) is 1. The highest BCUT2D eigenvalue weighted by Crippen LogP contribution is 2.24. The van der Waals surface area contributed by atoms with Crippen molar-refractivity contribution in [2.45, 2.75) is 79.2 Å². The summed E-state index contributed by atoms with van der Waals surface area (Å²) < 4.78 is 0. The topological polar surface area (TPSA) is 15.3 Å². The second-order valence-electron chi connectivity index (χ2n) is 7.61. The Kier molecular flexibility index (Phi) is 8.93. The molecule has 0 bridgehead atoms. The Bertz CT molecular complexity index is 220. The Balaban J connectivity index is 4.27. The van der Waals surface area contributed by atoms with E-state index in [-0.39, 0.29) is 5.54 Å². The van der Waals surface area contributed by atoms with E-state index in [1.165, 1.54) is 45.2 Å². The lowest BCUT2D eigenvalue weighted by Crippen LogP contribution is -2.47. The lowest BCUT2D eigenvalue weighted by molar-refractivity contribution is 0.160. The summed E-state index contributed by atoms with van der Waals surface area (Å²) in [5.74, 6) is 0. The van der Waals surface area contributed by atoms with Crippen molar-refractivity contribution in [2.75, 3.05) is 26.7 Å². The largest absolute Gasteiger partial charge is 0.311 e. The Labute approximate surface area is 122 Å². The molecule has 0 saturated heterocycles. The van der Waals surface area contributed by atoms with Gasteiger partial charge in [0.05, 0.1) is 0 Å². The average Bonchev–Trinajstić information content (AvgIpc) is 2.26. The molecule has 0 aliphatic rings. The number of rotatable bonds is 10. The molecule has 0 aromatic rings. The molecule has 1 unspecified atom stereocenters. The minimum Gasteiger partial charge on any atom is -0.311 e. The van der Waals surface area contributed by atoms with Gasteiger partial charge in [-0.15, -0.1) is 0 Å². The highest BCUT2D eigenvalue weighted by molar-refractivity contribution is 4.83. The molecule has 0 aromatic carbocycles. The molecular formula is C17H38N2. The number of hydrogen-bond acceptors (Lipinski definition) is 2. The van der Waals surface area contributed by atoms with Crippen LogP contribution in [0.2, 0.25) is 0 Å². The normalized spacial score (nSPS) is 15.8. The monoisotopic (exact) mass is 270 g/mol. The lowest BCUT2D eigenvalue weighted by Gasteiger charge is -2.36. The van der Waals surface area contributed by atoms with Crippen LogP contribution >= 0.6 is 0 Å². The first kappa shape index (κ1) is 18.9. The molecule has 0 radical (unpaired) electrons. The summed E-state index contributed by atoms with van der Waals surface area (Å²) in [6.07, 6.45) is 6.57. The maximum Gasteiger partial charge on any atom is 0.00967 e. The molecule has 0 saturated carbocycles. The zero-order valence-corrected chi connectivity index (χ0v) is 14.6. The minimum absolute atomic E-state index is 0.218. The van der Waals surface area contributed by atoms with Crippen LogP contribution in [0.25, 0.3) is 0 Å². The van der Waals surface area contributed by atoms with Gasteiger partial charge in [0.2, 0.25) is 0 Å². The van der Waals surface area contributed by atoms with E-state index in [9.17, 15) is 0 Å². The van der Waals surface area contributed by atoms with Crippen LogP contribution in [-0.2, 0) is 0 Å². The fourth-order valence-corrected chi connectivity index (χ4v) is 2.67. The Morgan fingerprint density at radius 1 is 0.947 bits per heavy atom. The van der Waals surface area contributed by atoms with Gasteiger partial charge >= 0.3 is 0 Å². The molecule has 19 heavy (non-hydrogen) atoms. The third-order valence-electron chi connectivity index (χ3n) is 3.69. The fourth-order valence-electron chi connectivity index (χ4n) is 2.67. The van der Waals surface area contributed by atoms with Crippen molar-refractivity contribution in [3.8, 4) is 0 Å². The molecule has 0 aliphatic carbocycles. The van der Waals surface area contributed by atoms with E-state index < -0.39 is 0 Å². The first-order valence-corrected chi connectivity index (χ1v) is 8.16. The Hall–Kier alpha value is -0.0800. The maximum absolute atomic E-state index is 3.69. The van der Waals surface area contributed by atoms with Crippen LogP contribution in [0, 0.1) is 5.41 Å². The van der Waals surface area contributed by atoms with Gasteiger partial charge in [-0.25, -0.2) is 0 Å². The molecule has 0 fully saturated rings. The van der Waals surface area contributed by atoms with Crippen LogP contribution in [0.3, 0.4) is 0 Å². The summed E-state index contributed by atoms with van der Waals surface area (Å²) in [5, 5.41) is 3.69. The van der Waals surface area contributed by atoms with E-state index in [1.54, 1.807) is 0 Å². The van der Waals surface area contributed by atoms with Gasteiger partial charge in [0, 0.05) is 18.6 Å². The van der Waals surface area contributed by atoms with E-state index in [0.29, 0.717) is 5.41 Å². The van der Waals surface area contributed by atoms with E-state index in [2.05, 4.69) is 58.8 Å². The number of unbranched alkanes of at least 4 members (excludes halogenated alkanes) is 2. The van der Waals surface area contributed by atoms with Crippen LogP contribution < -0.4 is 5.32 Å². The van der Waals surface area contributed by atoms with E-state index >= 15 is 0 Å². The molecule has 0 spiro atoms. The summed E-state index contributed by atoms with van der Waals surface area (Å²) >= 11 is 0. The van der Waals surface area contributed by atoms with Crippen molar-refractivity contribution in [1.82, 2.24) is 10.2 Å². The third-order valence-corrected chi connectivity index (χ3v) is 3.69. The predicted octanol–water partition coefficient (Wildman–Crippen LogP) is 4.30. The fraction of sp³-hybridized carbons (Fsp3) is 1.00. The maximum atomic E-state index is 3.69. The smallest absolute Gasteiger partial charge is 0.00967 e. The Morgan fingerprint density at radius 2 is 1.58 bits per heavy atom.